The van der Waals surface area contributed by atoms with Gasteiger partial charge >= 0.3 is 6.09 Å². The minimum absolute atomic E-state index is 0.145. The van der Waals surface area contributed by atoms with Gasteiger partial charge in [-0.25, -0.2) is 4.79 Å². The number of halogens is 2. The van der Waals surface area contributed by atoms with Crippen LogP contribution < -0.4 is 10.6 Å². The summed E-state index contributed by atoms with van der Waals surface area (Å²) in [6.45, 7) is 0.145. The summed E-state index contributed by atoms with van der Waals surface area (Å²) in [5.74, 6) is -0.365. The van der Waals surface area contributed by atoms with Gasteiger partial charge in [0.15, 0.2) is 0 Å². The van der Waals surface area contributed by atoms with E-state index < -0.39 is 6.09 Å². The van der Waals surface area contributed by atoms with Gasteiger partial charge < -0.3 is 15.4 Å². The van der Waals surface area contributed by atoms with Gasteiger partial charge in [-0.1, -0.05) is 23.2 Å². The molecule has 1 aromatic heterocycles. The second kappa shape index (κ2) is 7.80. The molecule has 120 valence electrons. The first-order valence-corrected chi connectivity index (χ1v) is 7.28. The standard InChI is InChI=1S/C15H13Cl2N3O3/c1-23-15(22)19-8-11-6-9(4-5-18-11)14(21)20-13-7-10(16)2-3-12(13)17/h2-7H,8H2,1H3,(H,19,22)(H,20,21). The molecule has 0 atom stereocenters. The van der Waals surface area contributed by atoms with Crippen LogP contribution in [0.3, 0.4) is 0 Å². The number of nitrogens with one attached hydrogen (secondary N) is 2. The van der Waals surface area contributed by atoms with E-state index in [1.807, 2.05) is 0 Å². The van der Waals surface area contributed by atoms with Crippen molar-refractivity contribution < 1.29 is 14.3 Å². The molecule has 2 aromatic rings. The number of anilines is 1. The number of aromatic nitrogens is 1. The van der Waals surface area contributed by atoms with E-state index >= 15 is 0 Å². The highest BCUT2D eigenvalue weighted by Gasteiger charge is 2.10. The molecule has 0 radical (unpaired) electrons. The number of nitrogens with zero attached hydrogens (tertiary/aromatic N) is 1. The van der Waals surface area contributed by atoms with Crippen molar-refractivity contribution in [3.63, 3.8) is 0 Å². The Labute approximate surface area is 142 Å². The smallest absolute Gasteiger partial charge is 0.407 e. The third-order valence-electron chi connectivity index (χ3n) is 2.85. The van der Waals surface area contributed by atoms with E-state index in [2.05, 4.69) is 20.4 Å². The maximum absolute atomic E-state index is 12.3. The highest BCUT2D eigenvalue weighted by Crippen LogP contribution is 2.25. The molecule has 0 unspecified atom stereocenters. The first-order valence-electron chi connectivity index (χ1n) is 6.52. The Morgan fingerprint density at radius 3 is 2.74 bits per heavy atom. The van der Waals surface area contributed by atoms with Crippen LogP contribution in [-0.4, -0.2) is 24.1 Å². The fraction of sp³-hybridized carbons (Fsp3) is 0.133. The first kappa shape index (κ1) is 17.1. The zero-order chi connectivity index (χ0) is 16.8. The van der Waals surface area contributed by atoms with Crippen LogP contribution in [0.5, 0.6) is 0 Å². The molecular weight excluding hydrogens is 341 g/mol. The SMILES string of the molecule is COC(=O)NCc1cc(C(=O)Nc2cc(Cl)ccc2Cl)ccn1. The number of hydrogen-bond acceptors (Lipinski definition) is 4. The van der Waals surface area contributed by atoms with E-state index in [-0.39, 0.29) is 12.5 Å². The molecular formula is C15H13Cl2N3O3. The van der Waals surface area contributed by atoms with Crippen LogP contribution in [0.2, 0.25) is 10.0 Å². The summed E-state index contributed by atoms with van der Waals surface area (Å²) in [7, 11) is 1.27. The fourth-order valence-corrected chi connectivity index (χ4v) is 2.08. The van der Waals surface area contributed by atoms with Crippen LogP contribution in [0.1, 0.15) is 16.1 Å². The van der Waals surface area contributed by atoms with Gasteiger partial charge in [0.25, 0.3) is 5.91 Å². The predicted molar refractivity (Wildman–Crippen MR) is 87.9 cm³/mol. The fourth-order valence-electron chi connectivity index (χ4n) is 1.74. The Morgan fingerprint density at radius 1 is 1.22 bits per heavy atom. The summed E-state index contributed by atoms with van der Waals surface area (Å²) in [6.07, 6.45) is 0.898. The Kier molecular flexibility index (Phi) is 5.78. The highest BCUT2D eigenvalue weighted by atomic mass is 35.5. The maximum atomic E-state index is 12.3. The number of alkyl carbamates (subject to hydrolysis) is 1. The van der Waals surface area contributed by atoms with Gasteiger partial charge in [-0.15, -0.1) is 0 Å². The van der Waals surface area contributed by atoms with Gasteiger partial charge in [-0.05, 0) is 30.3 Å². The molecule has 1 heterocycles. The van der Waals surface area contributed by atoms with Crippen LogP contribution in [0, 0.1) is 0 Å². The molecule has 23 heavy (non-hydrogen) atoms. The minimum Gasteiger partial charge on any atom is -0.453 e. The average molecular weight is 354 g/mol. The summed E-state index contributed by atoms with van der Waals surface area (Å²) >= 11 is 11.9. The van der Waals surface area contributed by atoms with Gasteiger partial charge in [0.2, 0.25) is 0 Å². The lowest BCUT2D eigenvalue weighted by Crippen LogP contribution is -2.23. The molecule has 0 saturated heterocycles. The van der Waals surface area contributed by atoms with Crippen molar-refractivity contribution in [1.82, 2.24) is 10.3 Å². The molecule has 0 aliphatic heterocycles. The molecule has 0 saturated carbocycles. The van der Waals surface area contributed by atoms with E-state index in [4.69, 9.17) is 23.2 Å². The van der Waals surface area contributed by atoms with E-state index in [1.54, 1.807) is 30.3 Å². The zero-order valence-corrected chi connectivity index (χ0v) is 13.6. The number of carbonyl (C=O) groups excluding carboxylic acids is 2. The number of ether oxygens (including phenoxy) is 1. The largest absolute Gasteiger partial charge is 0.453 e. The quantitative estimate of drug-likeness (QED) is 0.881. The average Bonchev–Trinajstić information content (AvgIpc) is 2.56. The molecule has 8 heteroatoms. The van der Waals surface area contributed by atoms with Crippen LogP contribution in [-0.2, 0) is 11.3 Å². The van der Waals surface area contributed by atoms with Crippen LogP contribution >= 0.6 is 23.2 Å². The van der Waals surface area contributed by atoms with E-state index in [0.717, 1.165) is 0 Å². The van der Waals surface area contributed by atoms with Crippen molar-refractivity contribution in [3.05, 3.63) is 57.8 Å². The van der Waals surface area contributed by atoms with E-state index in [9.17, 15) is 9.59 Å². The molecule has 0 aliphatic carbocycles. The lowest BCUT2D eigenvalue weighted by atomic mass is 10.2. The lowest BCUT2D eigenvalue weighted by molar-refractivity contribution is 0.102. The second-order valence-corrected chi connectivity index (χ2v) is 5.30. The lowest BCUT2D eigenvalue weighted by Gasteiger charge is -2.09. The number of methoxy groups -OCH3 is 1. The summed E-state index contributed by atoms with van der Waals surface area (Å²) in [5, 5.41) is 6.00. The number of rotatable bonds is 4. The Bertz CT molecular complexity index is 738. The number of pyridine rings is 1. The number of amides is 2. The molecule has 0 fully saturated rings. The Hall–Kier alpha value is -2.31. The summed E-state index contributed by atoms with van der Waals surface area (Å²) in [4.78, 5) is 27.4. The normalized spacial score (nSPS) is 10.0. The van der Waals surface area contributed by atoms with Crippen LogP contribution in [0.25, 0.3) is 0 Å². The van der Waals surface area contributed by atoms with Crippen molar-refractivity contribution in [1.29, 1.82) is 0 Å². The Balaban J connectivity index is 2.10. The highest BCUT2D eigenvalue weighted by molar-refractivity contribution is 6.35. The number of carbonyl (C=O) groups is 2. The third kappa shape index (κ3) is 4.84. The number of benzene rings is 1. The van der Waals surface area contributed by atoms with Gasteiger partial charge in [-0.2, -0.15) is 0 Å². The predicted octanol–water partition coefficient (Wildman–Crippen LogP) is 3.50. The third-order valence-corrected chi connectivity index (χ3v) is 3.42. The van der Waals surface area contributed by atoms with Crippen molar-refractivity contribution in [2.75, 3.05) is 12.4 Å². The summed E-state index contributed by atoms with van der Waals surface area (Å²) < 4.78 is 4.47. The van der Waals surface area contributed by atoms with Crippen molar-refractivity contribution in [3.8, 4) is 0 Å². The topological polar surface area (TPSA) is 80.3 Å². The second-order valence-electron chi connectivity index (χ2n) is 4.46. The van der Waals surface area contributed by atoms with Crippen molar-refractivity contribution >= 4 is 40.9 Å². The molecule has 6 nitrogen and oxygen atoms in total. The number of hydrogen-bond donors (Lipinski definition) is 2. The van der Waals surface area contributed by atoms with E-state index in [1.165, 1.54) is 13.3 Å². The van der Waals surface area contributed by atoms with E-state index in [0.29, 0.717) is 27.0 Å². The maximum Gasteiger partial charge on any atom is 0.407 e. The molecule has 2 rings (SSSR count). The summed E-state index contributed by atoms with van der Waals surface area (Å²) in [5.41, 5.74) is 1.30. The van der Waals surface area contributed by atoms with Gasteiger partial charge in [-0.3, -0.25) is 9.78 Å². The zero-order valence-electron chi connectivity index (χ0n) is 12.1. The summed E-state index contributed by atoms with van der Waals surface area (Å²) in [6, 6.07) is 7.89. The van der Waals surface area contributed by atoms with Gasteiger partial charge in [0.1, 0.15) is 0 Å². The minimum atomic E-state index is -0.577. The van der Waals surface area contributed by atoms with Crippen molar-refractivity contribution in [2.45, 2.75) is 6.54 Å². The molecule has 0 aliphatic rings. The molecule has 2 N–H and O–H groups in total. The molecule has 2 amide bonds. The van der Waals surface area contributed by atoms with Crippen LogP contribution in [0.15, 0.2) is 36.5 Å². The van der Waals surface area contributed by atoms with Gasteiger partial charge in [0.05, 0.1) is 30.1 Å². The van der Waals surface area contributed by atoms with Crippen molar-refractivity contribution in [2.24, 2.45) is 0 Å². The molecule has 0 spiro atoms. The Morgan fingerprint density at radius 2 is 2.00 bits per heavy atom. The molecule has 0 bridgehead atoms. The van der Waals surface area contributed by atoms with Crippen LogP contribution in [0.4, 0.5) is 10.5 Å². The first-order chi connectivity index (χ1) is 11.0. The molecule has 1 aromatic carbocycles. The monoisotopic (exact) mass is 353 g/mol. The van der Waals surface area contributed by atoms with Gasteiger partial charge in [0, 0.05) is 16.8 Å².